The second-order valence-electron chi connectivity index (χ2n) is 4.20. The summed E-state index contributed by atoms with van der Waals surface area (Å²) < 4.78 is 10.7. The molecule has 0 bridgehead atoms. The van der Waals surface area contributed by atoms with Crippen molar-refractivity contribution < 1.29 is 14.3 Å². The van der Waals surface area contributed by atoms with Crippen LogP contribution in [0.3, 0.4) is 0 Å². The van der Waals surface area contributed by atoms with E-state index in [1.54, 1.807) is 7.11 Å². The summed E-state index contributed by atoms with van der Waals surface area (Å²) in [6.07, 6.45) is 0. The second-order valence-corrected chi connectivity index (χ2v) is 4.20. The van der Waals surface area contributed by atoms with E-state index in [2.05, 4.69) is 0 Å². The Morgan fingerprint density at radius 1 is 1.33 bits per heavy atom. The van der Waals surface area contributed by atoms with E-state index >= 15 is 0 Å². The summed E-state index contributed by atoms with van der Waals surface area (Å²) in [7, 11) is 1.66. The molecule has 5 nitrogen and oxygen atoms in total. The normalized spacial score (nSPS) is 10.3. The highest BCUT2D eigenvalue weighted by molar-refractivity contribution is 5.76. The number of aryl methyl sites for hydroxylation is 1. The van der Waals surface area contributed by atoms with Crippen LogP contribution in [0, 0.1) is 20.8 Å². The fourth-order valence-electron chi connectivity index (χ4n) is 1.90. The molecular formula is C13H20N2O3. The van der Waals surface area contributed by atoms with Crippen LogP contribution in [0.4, 0.5) is 0 Å². The lowest BCUT2D eigenvalue weighted by atomic mass is 9.99. The Balaban J connectivity index is 2.81. The Kier molecular flexibility index (Phi) is 5.12. The zero-order chi connectivity index (χ0) is 13.7. The molecule has 0 aliphatic rings. The number of carbonyl (C=O) groups is 1. The molecule has 0 saturated carbocycles. The van der Waals surface area contributed by atoms with Gasteiger partial charge in [-0.15, -0.1) is 0 Å². The fraction of sp³-hybridized carbons (Fsp3) is 0.462. The molecule has 0 radical (unpaired) electrons. The number of benzene rings is 1. The third-order valence-corrected chi connectivity index (χ3v) is 2.99. The Hall–Kier alpha value is -1.59. The molecule has 0 aliphatic carbocycles. The molecule has 18 heavy (non-hydrogen) atoms. The number of rotatable bonds is 5. The van der Waals surface area contributed by atoms with Crippen molar-refractivity contribution in [3.05, 3.63) is 28.3 Å². The van der Waals surface area contributed by atoms with Gasteiger partial charge in [0, 0.05) is 0 Å². The first-order valence-corrected chi connectivity index (χ1v) is 5.72. The summed E-state index contributed by atoms with van der Waals surface area (Å²) in [5, 5.41) is 0. The minimum absolute atomic E-state index is 0.0416. The third-order valence-electron chi connectivity index (χ3n) is 2.99. The molecule has 1 aromatic carbocycles. The van der Waals surface area contributed by atoms with Crippen LogP contribution in [0.2, 0.25) is 0 Å². The van der Waals surface area contributed by atoms with E-state index in [9.17, 15) is 4.79 Å². The predicted octanol–water partition coefficient (Wildman–Crippen LogP) is 1.13. The summed E-state index contributed by atoms with van der Waals surface area (Å²) in [5.41, 5.74) is 6.35. The molecule has 1 rings (SSSR count). The van der Waals surface area contributed by atoms with Crippen molar-refractivity contribution in [1.82, 2.24) is 5.43 Å². The van der Waals surface area contributed by atoms with Crippen LogP contribution >= 0.6 is 0 Å². The van der Waals surface area contributed by atoms with Gasteiger partial charge in [0.15, 0.2) is 0 Å². The van der Waals surface area contributed by atoms with Gasteiger partial charge in [0.1, 0.15) is 12.4 Å². The topological polar surface area (TPSA) is 73.6 Å². The summed E-state index contributed by atoms with van der Waals surface area (Å²) in [5.74, 6) is 5.53. The quantitative estimate of drug-likeness (QED) is 0.468. The maximum absolute atomic E-state index is 10.9. The number of amides is 1. The monoisotopic (exact) mass is 252 g/mol. The minimum Gasteiger partial charge on any atom is -0.496 e. The molecule has 0 atom stereocenters. The number of carbonyl (C=O) groups excluding carboxylic acids is 1. The van der Waals surface area contributed by atoms with Crippen LogP contribution in [0.5, 0.6) is 5.75 Å². The predicted molar refractivity (Wildman–Crippen MR) is 69.2 cm³/mol. The smallest absolute Gasteiger partial charge is 0.259 e. The maximum Gasteiger partial charge on any atom is 0.259 e. The lowest BCUT2D eigenvalue weighted by Gasteiger charge is -2.15. The van der Waals surface area contributed by atoms with Gasteiger partial charge < -0.3 is 9.47 Å². The number of hydrogen-bond acceptors (Lipinski definition) is 4. The van der Waals surface area contributed by atoms with E-state index in [1.807, 2.05) is 32.3 Å². The first-order chi connectivity index (χ1) is 8.51. The molecule has 0 aliphatic heterocycles. The Morgan fingerprint density at radius 3 is 2.56 bits per heavy atom. The molecule has 3 N–H and O–H groups in total. The molecule has 0 aromatic heterocycles. The molecule has 0 spiro atoms. The Labute approximate surface area is 107 Å². The van der Waals surface area contributed by atoms with Crippen molar-refractivity contribution in [2.24, 2.45) is 5.84 Å². The van der Waals surface area contributed by atoms with Gasteiger partial charge in [-0.2, -0.15) is 0 Å². The highest BCUT2D eigenvalue weighted by Crippen LogP contribution is 2.28. The number of nitrogens with one attached hydrogen (secondary N) is 1. The average Bonchev–Trinajstić information content (AvgIpc) is 2.35. The van der Waals surface area contributed by atoms with E-state index in [4.69, 9.17) is 15.3 Å². The van der Waals surface area contributed by atoms with Crippen LogP contribution < -0.4 is 16.0 Å². The van der Waals surface area contributed by atoms with Crippen molar-refractivity contribution in [3.8, 4) is 5.75 Å². The molecule has 0 fully saturated rings. The van der Waals surface area contributed by atoms with Crippen molar-refractivity contribution >= 4 is 5.91 Å². The summed E-state index contributed by atoms with van der Waals surface area (Å²) in [6, 6.07) is 2.02. The lowest BCUT2D eigenvalue weighted by Crippen LogP contribution is -2.33. The molecule has 1 aromatic rings. The van der Waals surface area contributed by atoms with Crippen LogP contribution in [-0.2, 0) is 16.1 Å². The number of hydrazine groups is 1. The third kappa shape index (κ3) is 3.21. The summed E-state index contributed by atoms with van der Waals surface area (Å²) in [4.78, 5) is 10.9. The first-order valence-electron chi connectivity index (χ1n) is 5.72. The summed E-state index contributed by atoms with van der Waals surface area (Å²) >= 11 is 0. The molecule has 0 unspecified atom stereocenters. The van der Waals surface area contributed by atoms with Crippen molar-refractivity contribution in [2.75, 3.05) is 13.7 Å². The molecule has 0 heterocycles. The van der Waals surface area contributed by atoms with E-state index in [0.717, 1.165) is 28.0 Å². The van der Waals surface area contributed by atoms with Gasteiger partial charge in [-0.25, -0.2) is 5.84 Å². The Morgan fingerprint density at radius 2 is 2.00 bits per heavy atom. The molecule has 5 heteroatoms. The lowest BCUT2D eigenvalue weighted by molar-refractivity contribution is -0.126. The van der Waals surface area contributed by atoms with Crippen molar-refractivity contribution in [1.29, 1.82) is 0 Å². The zero-order valence-electron chi connectivity index (χ0n) is 11.3. The standard InChI is InChI=1S/C13H20N2O3/c1-8-5-11(6-18-7-12(16)15-14)9(2)10(3)13(8)17-4/h5H,6-7,14H2,1-4H3,(H,15,16). The number of nitrogens with two attached hydrogens (primary N) is 1. The van der Waals surface area contributed by atoms with E-state index in [-0.39, 0.29) is 12.5 Å². The van der Waals surface area contributed by atoms with E-state index < -0.39 is 0 Å². The van der Waals surface area contributed by atoms with Gasteiger partial charge in [-0.3, -0.25) is 10.2 Å². The van der Waals surface area contributed by atoms with Gasteiger partial charge in [0.2, 0.25) is 0 Å². The van der Waals surface area contributed by atoms with Crippen molar-refractivity contribution in [2.45, 2.75) is 27.4 Å². The van der Waals surface area contributed by atoms with Crippen LogP contribution in [0.25, 0.3) is 0 Å². The molecular weight excluding hydrogens is 232 g/mol. The van der Waals surface area contributed by atoms with Crippen LogP contribution in [-0.4, -0.2) is 19.6 Å². The largest absolute Gasteiger partial charge is 0.496 e. The number of methoxy groups -OCH3 is 1. The molecule has 0 saturated heterocycles. The van der Waals surface area contributed by atoms with Gasteiger partial charge in [-0.05, 0) is 49.1 Å². The Bertz CT molecular complexity index is 444. The number of hydrogen-bond donors (Lipinski definition) is 2. The van der Waals surface area contributed by atoms with Crippen LogP contribution in [0.1, 0.15) is 22.3 Å². The van der Waals surface area contributed by atoms with Gasteiger partial charge in [-0.1, -0.05) is 0 Å². The highest BCUT2D eigenvalue weighted by Gasteiger charge is 2.11. The van der Waals surface area contributed by atoms with Crippen LogP contribution in [0.15, 0.2) is 6.07 Å². The molecule has 100 valence electrons. The first kappa shape index (κ1) is 14.5. The minimum atomic E-state index is -0.338. The summed E-state index contributed by atoms with van der Waals surface area (Å²) in [6.45, 7) is 6.35. The SMILES string of the molecule is COc1c(C)cc(COCC(=O)NN)c(C)c1C. The molecule has 1 amide bonds. The van der Waals surface area contributed by atoms with Gasteiger partial charge >= 0.3 is 0 Å². The zero-order valence-corrected chi connectivity index (χ0v) is 11.3. The van der Waals surface area contributed by atoms with Crippen molar-refractivity contribution in [3.63, 3.8) is 0 Å². The average molecular weight is 252 g/mol. The highest BCUT2D eigenvalue weighted by atomic mass is 16.5. The van der Waals surface area contributed by atoms with Gasteiger partial charge in [0.25, 0.3) is 5.91 Å². The van der Waals surface area contributed by atoms with E-state index in [1.165, 1.54) is 0 Å². The van der Waals surface area contributed by atoms with E-state index in [0.29, 0.717) is 6.61 Å². The second kappa shape index (κ2) is 6.37. The van der Waals surface area contributed by atoms with Gasteiger partial charge in [0.05, 0.1) is 13.7 Å². The number of ether oxygens (including phenoxy) is 2. The fourth-order valence-corrected chi connectivity index (χ4v) is 1.90. The maximum atomic E-state index is 10.9.